The maximum absolute atomic E-state index is 15.9. The molecular formula is C36H26B2F4O4Si2. The molecule has 1 fully saturated rings. The van der Waals surface area contributed by atoms with E-state index in [0.29, 0.717) is 20.7 Å². The SMILES string of the molecule is Fc1ccc(B2O[Si](c3ccccc3)(c3ccccc3)OB(c3ccc(F)cc3F)O[Si](c3ccccc3)(c3ccccc3)O2)c(F)c1. The van der Waals surface area contributed by atoms with E-state index in [-0.39, 0.29) is 10.9 Å². The highest BCUT2D eigenvalue weighted by atomic mass is 28.4. The fraction of sp³-hybridized carbons (Fsp3) is 0. The number of hydrogen-bond acceptors (Lipinski definition) is 4. The highest BCUT2D eigenvalue weighted by molar-refractivity contribution is 7.06. The summed E-state index contributed by atoms with van der Waals surface area (Å²) in [5, 5.41) is 2.32. The van der Waals surface area contributed by atoms with Crippen molar-refractivity contribution in [1.29, 1.82) is 0 Å². The van der Waals surface area contributed by atoms with E-state index in [1.165, 1.54) is 12.1 Å². The van der Waals surface area contributed by atoms with Crippen LogP contribution in [0.25, 0.3) is 0 Å². The third-order valence-electron chi connectivity index (χ3n) is 8.14. The van der Waals surface area contributed by atoms with Crippen molar-refractivity contribution in [3.8, 4) is 0 Å². The van der Waals surface area contributed by atoms with Gasteiger partial charge in [0.2, 0.25) is 0 Å². The molecule has 0 aliphatic carbocycles. The van der Waals surface area contributed by atoms with Crippen molar-refractivity contribution in [3.05, 3.63) is 181 Å². The lowest BCUT2D eigenvalue weighted by molar-refractivity contribution is 0.287. The third-order valence-corrected chi connectivity index (χ3v) is 14.7. The first kappa shape index (κ1) is 32.0. The van der Waals surface area contributed by atoms with Crippen molar-refractivity contribution in [2.45, 2.75) is 0 Å². The minimum atomic E-state index is -4.10. The zero-order valence-corrected chi connectivity index (χ0v) is 27.3. The molecule has 0 saturated carbocycles. The van der Waals surface area contributed by atoms with Gasteiger partial charge in [0.05, 0.1) is 0 Å². The zero-order valence-electron chi connectivity index (χ0n) is 25.3. The summed E-state index contributed by atoms with van der Waals surface area (Å²) in [6.45, 7) is 0. The second-order valence-electron chi connectivity index (χ2n) is 11.2. The molecule has 1 saturated heterocycles. The molecule has 0 amide bonds. The van der Waals surface area contributed by atoms with Crippen LogP contribution in [0.2, 0.25) is 0 Å². The highest BCUT2D eigenvalue weighted by Crippen LogP contribution is 2.24. The second-order valence-corrected chi connectivity index (χ2v) is 16.9. The molecule has 48 heavy (non-hydrogen) atoms. The van der Waals surface area contributed by atoms with E-state index in [1.54, 1.807) is 97.1 Å². The van der Waals surface area contributed by atoms with Crippen LogP contribution in [0.15, 0.2) is 158 Å². The average Bonchev–Trinajstić information content (AvgIpc) is 3.11. The van der Waals surface area contributed by atoms with Gasteiger partial charge in [-0.15, -0.1) is 0 Å². The average molecular weight is 676 g/mol. The van der Waals surface area contributed by atoms with E-state index in [9.17, 15) is 8.78 Å². The van der Waals surface area contributed by atoms with Crippen molar-refractivity contribution in [3.63, 3.8) is 0 Å². The Bertz CT molecular complexity index is 1770. The Balaban J connectivity index is 1.55. The van der Waals surface area contributed by atoms with Crippen molar-refractivity contribution in [2.24, 2.45) is 0 Å². The van der Waals surface area contributed by atoms with Crippen molar-refractivity contribution < 1.29 is 34.9 Å². The molecule has 0 bridgehead atoms. The van der Waals surface area contributed by atoms with Gasteiger partial charge in [0.15, 0.2) is 0 Å². The monoisotopic (exact) mass is 676 g/mol. The van der Waals surface area contributed by atoms with Crippen molar-refractivity contribution >= 4 is 63.0 Å². The summed E-state index contributed by atoms with van der Waals surface area (Å²) < 4.78 is 88.6. The summed E-state index contributed by atoms with van der Waals surface area (Å²) in [5.41, 5.74) is -0.162. The van der Waals surface area contributed by atoms with Crippen LogP contribution >= 0.6 is 0 Å². The number of rotatable bonds is 6. The molecule has 7 rings (SSSR count). The fourth-order valence-corrected chi connectivity index (χ4v) is 12.3. The van der Waals surface area contributed by atoms with Gasteiger partial charge in [0.1, 0.15) is 23.3 Å². The summed E-state index contributed by atoms with van der Waals surface area (Å²) in [6.07, 6.45) is 0. The van der Waals surface area contributed by atoms with Gasteiger partial charge < -0.3 is 17.4 Å². The summed E-state index contributed by atoms with van der Waals surface area (Å²) in [6, 6.07) is 42.4. The minimum absolute atomic E-state index is 0.0810. The predicted octanol–water partition coefficient (Wildman–Crippen LogP) is 3.93. The van der Waals surface area contributed by atoms with E-state index in [4.69, 9.17) is 17.4 Å². The summed E-state index contributed by atoms with van der Waals surface area (Å²) in [4.78, 5) is 0. The molecule has 0 aromatic heterocycles. The smallest absolute Gasteiger partial charge is 0.423 e. The Morgan fingerprint density at radius 3 is 0.875 bits per heavy atom. The number of halogens is 4. The Kier molecular flexibility index (Phi) is 9.01. The van der Waals surface area contributed by atoms with Gasteiger partial charge in [0.25, 0.3) is 0 Å². The van der Waals surface area contributed by atoms with Crippen LogP contribution in [0.5, 0.6) is 0 Å². The van der Waals surface area contributed by atoms with Crippen LogP contribution in [-0.4, -0.2) is 31.4 Å². The summed E-state index contributed by atoms with van der Waals surface area (Å²) >= 11 is 0. The van der Waals surface area contributed by atoms with Crippen LogP contribution in [0, 0.1) is 23.3 Å². The third kappa shape index (κ3) is 6.10. The molecule has 236 valence electrons. The fourth-order valence-electron chi connectivity index (χ4n) is 5.85. The van der Waals surface area contributed by atoms with Gasteiger partial charge in [-0.3, -0.25) is 0 Å². The van der Waals surface area contributed by atoms with Crippen LogP contribution in [0.1, 0.15) is 0 Å². The predicted molar refractivity (Wildman–Crippen MR) is 184 cm³/mol. The van der Waals surface area contributed by atoms with Gasteiger partial charge in [-0.2, -0.15) is 0 Å². The second kappa shape index (κ2) is 13.5. The largest absolute Gasteiger partial charge is 0.479 e. The molecule has 0 spiro atoms. The molecule has 6 aromatic carbocycles. The molecule has 1 aliphatic rings. The van der Waals surface area contributed by atoms with Gasteiger partial charge in [-0.25, -0.2) is 17.6 Å². The van der Waals surface area contributed by atoms with E-state index in [1.807, 2.05) is 24.3 Å². The minimum Gasteiger partial charge on any atom is -0.423 e. The van der Waals surface area contributed by atoms with Gasteiger partial charge in [-0.1, -0.05) is 133 Å². The first-order valence-corrected chi connectivity index (χ1v) is 18.8. The van der Waals surface area contributed by atoms with E-state index < -0.39 is 54.6 Å². The Labute approximate surface area is 278 Å². The Hall–Kier alpha value is -4.56. The quantitative estimate of drug-likeness (QED) is 0.198. The van der Waals surface area contributed by atoms with Crippen LogP contribution in [0.4, 0.5) is 17.6 Å². The molecule has 0 N–H and O–H groups in total. The molecular weight excluding hydrogens is 650 g/mol. The van der Waals surface area contributed by atoms with Crippen LogP contribution in [0.3, 0.4) is 0 Å². The zero-order chi connectivity index (χ0) is 33.1. The molecule has 0 atom stereocenters. The topological polar surface area (TPSA) is 36.9 Å². The molecule has 4 nitrogen and oxygen atoms in total. The number of benzene rings is 6. The lowest BCUT2D eigenvalue weighted by atomic mass is 9.80. The van der Waals surface area contributed by atoms with Crippen molar-refractivity contribution in [2.75, 3.05) is 0 Å². The van der Waals surface area contributed by atoms with Gasteiger partial charge >= 0.3 is 31.4 Å². The molecule has 6 aromatic rings. The molecule has 0 radical (unpaired) electrons. The van der Waals surface area contributed by atoms with Crippen molar-refractivity contribution in [1.82, 2.24) is 0 Å². The first-order valence-electron chi connectivity index (χ1n) is 15.2. The van der Waals surface area contributed by atoms with E-state index in [2.05, 4.69) is 0 Å². The van der Waals surface area contributed by atoms with Crippen LogP contribution in [-0.2, 0) is 17.4 Å². The highest BCUT2D eigenvalue weighted by Gasteiger charge is 2.58. The van der Waals surface area contributed by atoms with Gasteiger partial charge in [0, 0.05) is 23.1 Å². The molecule has 1 aliphatic heterocycles. The first-order chi connectivity index (χ1) is 23.4. The molecule has 12 heteroatoms. The van der Waals surface area contributed by atoms with E-state index >= 15 is 8.78 Å². The normalized spacial score (nSPS) is 15.8. The Morgan fingerprint density at radius 1 is 0.354 bits per heavy atom. The summed E-state index contributed by atoms with van der Waals surface area (Å²) in [5.74, 6) is -3.33. The Morgan fingerprint density at radius 2 is 0.625 bits per heavy atom. The maximum atomic E-state index is 15.9. The summed E-state index contributed by atoms with van der Waals surface area (Å²) in [7, 11) is -11.2. The lowest BCUT2D eigenvalue weighted by Gasteiger charge is -2.44. The molecule has 0 unspecified atom stereocenters. The van der Waals surface area contributed by atoms with Gasteiger partial charge in [-0.05, 0) is 32.9 Å². The maximum Gasteiger partial charge on any atom is 0.479 e. The molecule has 1 heterocycles. The van der Waals surface area contributed by atoms with E-state index in [0.717, 1.165) is 24.3 Å². The standard InChI is InChI=1S/C36H26B2F4O4Si2/c39-27-21-23-33(35(41)25-27)37-43-47(29-13-5-1-6-14-29,30-15-7-2-8-16-30)44-38(34-24-22-28(40)26-36(34)42)46-48(45-37,31-17-9-3-10-18-31)32-19-11-4-12-20-32/h1-26H. The number of hydrogen-bond donors (Lipinski definition) is 0. The lowest BCUT2D eigenvalue weighted by Crippen LogP contribution is -2.78. The van der Waals surface area contributed by atoms with Crippen LogP contribution < -0.4 is 31.7 Å².